The SMILES string of the molecule is CCS(=O)(=O)c1ccc(NCC#Cc2cc3c(NC4CCOCC4)cccc3n2CC(F)(F)F)cc1. The molecule has 0 atom stereocenters. The number of rotatable bonds is 7. The molecule has 0 amide bonds. The maximum atomic E-state index is 13.4. The first kappa shape index (κ1) is 25.9. The minimum absolute atomic E-state index is 0.0173. The molecule has 1 saturated heterocycles. The molecule has 4 rings (SSSR count). The first-order chi connectivity index (χ1) is 17.2. The van der Waals surface area contributed by atoms with E-state index in [1.54, 1.807) is 37.3 Å². The van der Waals surface area contributed by atoms with Crippen LogP contribution in [0.2, 0.25) is 0 Å². The highest BCUT2D eigenvalue weighted by atomic mass is 32.2. The van der Waals surface area contributed by atoms with Crippen LogP contribution in [0, 0.1) is 11.8 Å². The lowest BCUT2D eigenvalue weighted by atomic mass is 10.1. The predicted molar refractivity (Wildman–Crippen MR) is 135 cm³/mol. The second kappa shape index (κ2) is 10.8. The zero-order chi connectivity index (χ0) is 25.8. The Morgan fingerprint density at radius 1 is 1.11 bits per heavy atom. The summed E-state index contributed by atoms with van der Waals surface area (Å²) in [6.45, 7) is 1.94. The van der Waals surface area contributed by atoms with Crippen molar-refractivity contribution in [3.05, 3.63) is 54.2 Å². The van der Waals surface area contributed by atoms with Gasteiger partial charge < -0.3 is 19.9 Å². The van der Waals surface area contributed by atoms with E-state index in [2.05, 4.69) is 22.5 Å². The van der Waals surface area contributed by atoms with Crippen molar-refractivity contribution in [2.45, 2.75) is 43.4 Å². The van der Waals surface area contributed by atoms with Crippen LogP contribution in [0.15, 0.2) is 53.4 Å². The van der Waals surface area contributed by atoms with Crippen LogP contribution in [-0.4, -0.2) is 50.7 Å². The van der Waals surface area contributed by atoms with Crippen LogP contribution in [0.3, 0.4) is 0 Å². The van der Waals surface area contributed by atoms with Gasteiger partial charge in [0.1, 0.15) is 6.54 Å². The topological polar surface area (TPSA) is 72.4 Å². The minimum Gasteiger partial charge on any atom is -0.382 e. The molecule has 1 aliphatic rings. The summed E-state index contributed by atoms with van der Waals surface area (Å²) in [4.78, 5) is 0.239. The van der Waals surface area contributed by atoms with Crippen LogP contribution in [-0.2, 0) is 21.1 Å². The molecule has 0 saturated carbocycles. The minimum atomic E-state index is -4.40. The zero-order valence-corrected chi connectivity index (χ0v) is 20.7. The molecule has 0 unspecified atom stereocenters. The number of nitrogens with zero attached hydrogens (tertiary/aromatic N) is 1. The number of aromatic nitrogens is 1. The van der Waals surface area contributed by atoms with Crippen molar-refractivity contribution in [2.24, 2.45) is 0 Å². The largest absolute Gasteiger partial charge is 0.406 e. The smallest absolute Gasteiger partial charge is 0.382 e. The molecule has 0 spiro atoms. The van der Waals surface area contributed by atoms with Crippen LogP contribution in [0.4, 0.5) is 24.5 Å². The van der Waals surface area contributed by atoms with Crippen molar-refractivity contribution < 1.29 is 26.3 Å². The highest BCUT2D eigenvalue weighted by Crippen LogP contribution is 2.31. The van der Waals surface area contributed by atoms with E-state index in [0.29, 0.717) is 29.8 Å². The van der Waals surface area contributed by atoms with Gasteiger partial charge in [-0.1, -0.05) is 18.9 Å². The number of hydrogen-bond donors (Lipinski definition) is 2. The van der Waals surface area contributed by atoms with Crippen LogP contribution in [0.25, 0.3) is 10.9 Å². The fourth-order valence-electron chi connectivity index (χ4n) is 4.15. The Labute approximate surface area is 208 Å². The Bertz CT molecular complexity index is 1360. The molecule has 0 bridgehead atoms. The van der Waals surface area contributed by atoms with Crippen molar-refractivity contribution in [3.8, 4) is 11.8 Å². The summed E-state index contributed by atoms with van der Waals surface area (Å²) in [5.74, 6) is 5.79. The maximum Gasteiger partial charge on any atom is 0.406 e. The van der Waals surface area contributed by atoms with Crippen LogP contribution < -0.4 is 10.6 Å². The first-order valence-electron chi connectivity index (χ1n) is 11.7. The molecule has 36 heavy (non-hydrogen) atoms. The van der Waals surface area contributed by atoms with Crippen molar-refractivity contribution in [1.29, 1.82) is 0 Å². The Kier molecular flexibility index (Phi) is 7.81. The third kappa shape index (κ3) is 6.33. The first-order valence-corrected chi connectivity index (χ1v) is 13.4. The highest BCUT2D eigenvalue weighted by Gasteiger charge is 2.30. The van der Waals surface area contributed by atoms with E-state index >= 15 is 0 Å². The number of halogens is 3. The van der Waals surface area contributed by atoms with Gasteiger partial charge >= 0.3 is 6.18 Å². The molecule has 1 aromatic heterocycles. The summed E-state index contributed by atoms with van der Waals surface area (Å²) in [7, 11) is -3.28. The van der Waals surface area contributed by atoms with Crippen molar-refractivity contribution in [2.75, 3.05) is 36.1 Å². The van der Waals surface area contributed by atoms with E-state index in [-0.39, 0.29) is 28.9 Å². The van der Waals surface area contributed by atoms with E-state index in [1.807, 2.05) is 6.07 Å². The Morgan fingerprint density at radius 2 is 1.83 bits per heavy atom. The fraction of sp³-hybridized carbons (Fsp3) is 0.385. The maximum absolute atomic E-state index is 13.4. The van der Waals surface area contributed by atoms with Crippen LogP contribution >= 0.6 is 0 Å². The lowest BCUT2D eigenvalue weighted by molar-refractivity contribution is -0.140. The number of alkyl halides is 3. The van der Waals surface area contributed by atoms with Gasteiger partial charge in [0.05, 0.1) is 28.4 Å². The van der Waals surface area contributed by atoms with Crippen molar-refractivity contribution in [1.82, 2.24) is 4.57 Å². The average molecular weight is 520 g/mol. The van der Waals surface area contributed by atoms with Gasteiger partial charge in [-0.3, -0.25) is 0 Å². The second-order valence-corrected chi connectivity index (χ2v) is 10.9. The molecule has 1 fully saturated rings. The van der Waals surface area contributed by atoms with Gasteiger partial charge in [-0.05, 0) is 61.2 Å². The van der Waals surface area contributed by atoms with Crippen molar-refractivity contribution >= 4 is 32.1 Å². The number of ether oxygens (including phenoxy) is 1. The average Bonchev–Trinajstić information content (AvgIpc) is 3.19. The van der Waals surface area contributed by atoms with Gasteiger partial charge in [-0.25, -0.2) is 8.42 Å². The van der Waals surface area contributed by atoms with Crippen molar-refractivity contribution in [3.63, 3.8) is 0 Å². The number of nitrogens with one attached hydrogen (secondary N) is 2. The second-order valence-electron chi connectivity index (χ2n) is 8.58. The molecule has 2 heterocycles. The zero-order valence-electron chi connectivity index (χ0n) is 19.9. The monoisotopic (exact) mass is 519 g/mol. The van der Waals surface area contributed by atoms with Gasteiger partial charge in [0.15, 0.2) is 9.84 Å². The number of sulfone groups is 1. The van der Waals surface area contributed by atoms with Crippen LogP contribution in [0.5, 0.6) is 0 Å². The number of hydrogen-bond acceptors (Lipinski definition) is 5. The molecule has 10 heteroatoms. The standard InChI is InChI=1S/C26H28F3N3O3S/c1-2-36(33,34)22-10-8-19(9-11-22)30-14-4-5-21-17-23-24(31-20-12-15-35-16-13-20)6-3-7-25(23)32(21)18-26(27,28)29/h3,6-11,17,20,30-31H,2,12-16,18H2,1H3. The molecule has 0 radical (unpaired) electrons. The predicted octanol–water partition coefficient (Wildman–Crippen LogP) is 5.05. The number of anilines is 2. The highest BCUT2D eigenvalue weighted by molar-refractivity contribution is 7.91. The van der Waals surface area contributed by atoms with Gasteiger partial charge in [0.25, 0.3) is 0 Å². The van der Waals surface area contributed by atoms with E-state index in [1.165, 1.54) is 16.7 Å². The quantitative estimate of drug-likeness (QED) is 0.428. The molecule has 2 N–H and O–H groups in total. The van der Waals surface area contributed by atoms with Gasteiger partial charge in [0, 0.05) is 36.0 Å². The van der Waals surface area contributed by atoms with E-state index in [9.17, 15) is 21.6 Å². The summed E-state index contributed by atoms with van der Waals surface area (Å²) in [5, 5.41) is 7.20. The van der Waals surface area contributed by atoms with Gasteiger partial charge in [-0.15, -0.1) is 0 Å². The number of fused-ring (bicyclic) bond motifs is 1. The normalized spacial score (nSPS) is 14.9. The molecule has 0 aliphatic carbocycles. The molecule has 2 aromatic carbocycles. The van der Waals surface area contributed by atoms with Gasteiger partial charge in [0.2, 0.25) is 0 Å². The summed E-state index contributed by atoms with van der Waals surface area (Å²) >= 11 is 0. The van der Waals surface area contributed by atoms with E-state index in [4.69, 9.17) is 4.74 Å². The third-order valence-electron chi connectivity index (χ3n) is 6.05. The summed E-state index contributed by atoms with van der Waals surface area (Å²) < 4.78 is 70.7. The molecule has 192 valence electrons. The molecule has 1 aliphatic heterocycles. The Hall–Kier alpha value is -3.16. The molecular formula is C26H28F3N3O3S. The lowest BCUT2D eigenvalue weighted by Gasteiger charge is -2.24. The third-order valence-corrected chi connectivity index (χ3v) is 7.81. The van der Waals surface area contributed by atoms with E-state index in [0.717, 1.165) is 18.5 Å². The lowest BCUT2D eigenvalue weighted by Crippen LogP contribution is -2.27. The summed E-state index contributed by atoms with van der Waals surface area (Å²) in [5.41, 5.74) is 2.19. The molecule has 6 nitrogen and oxygen atoms in total. The fourth-order valence-corrected chi connectivity index (χ4v) is 5.04. The Balaban J connectivity index is 1.55. The number of benzene rings is 2. The van der Waals surface area contributed by atoms with Crippen LogP contribution in [0.1, 0.15) is 25.5 Å². The molecule has 3 aromatic rings. The molecular weight excluding hydrogens is 491 g/mol. The van der Waals surface area contributed by atoms with E-state index < -0.39 is 22.6 Å². The Morgan fingerprint density at radius 3 is 2.50 bits per heavy atom. The van der Waals surface area contributed by atoms with Gasteiger partial charge in [-0.2, -0.15) is 13.2 Å². The summed E-state index contributed by atoms with van der Waals surface area (Å²) in [6, 6.07) is 13.5. The summed E-state index contributed by atoms with van der Waals surface area (Å²) in [6.07, 6.45) is -2.72.